The van der Waals surface area contributed by atoms with Crippen LogP contribution in [0.3, 0.4) is 0 Å². The monoisotopic (exact) mass is 375 g/mol. The molecule has 0 aliphatic heterocycles. The van der Waals surface area contributed by atoms with Crippen molar-refractivity contribution in [2.75, 3.05) is 19.7 Å². The molecule has 142 valence electrons. The third-order valence-corrected chi connectivity index (χ3v) is 11.6. The van der Waals surface area contributed by atoms with Gasteiger partial charge in [-0.3, -0.25) is 4.79 Å². The number of hydrogen-bond acceptors (Lipinski definition) is 4. The first kappa shape index (κ1) is 23.5. The number of carbonyl (C=O) groups is 1. The van der Waals surface area contributed by atoms with Crippen molar-refractivity contribution >= 4 is 22.5 Å². The van der Waals surface area contributed by atoms with Crippen LogP contribution in [0.4, 0.5) is 0 Å². The summed E-state index contributed by atoms with van der Waals surface area (Å²) < 4.78 is 6.56. The summed E-state index contributed by atoms with van der Waals surface area (Å²) in [5.41, 5.74) is 0. The fourth-order valence-electron chi connectivity index (χ4n) is 2.88. The van der Waals surface area contributed by atoms with Gasteiger partial charge in [0.25, 0.3) is 0 Å². The van der Waals surface area contributed by atoms with E-state index >= 15 is 0 Å². The van der Waals surface area contributed by atoms with Crippen LogP contribution < -0.4 is 0 Å². The Hall–Kier alpha value is -0.476. The molecule has 0 aliphatic carbocycles. The minimum absolute atomic E-state index is 0.140. The summed E-state index contributed by atoms with van der Waals surface area (Å²) in [6.45, 7) is 15.1. The summed E-state index contributed by atoms with van der Waals surface area (Å²) in [6.07, 6.45) is 3.62. The Bertz CT molecular complexity index is 389. The SMILES string of the molecule is C=CC(=O)N(CCC[Si](C)(C)O[Si](C)(C)CCCC)CC(O)CO. The largest absolute Gasteiger partial charge is 0.455 e. The minimum Gasteiger partial charge on any atom is -0.455 e. The number of aliphatic hydroxyl groups is 2. The van der Waals surface area contributed by atoms with E-state index in [9.17, 15) is 9.90 Å². The van der Waals surface area contributed by atoms with Crippen LogP contribution in [-0.2, 0) is 8.91 Å². The van der Waals surface area contributed by atoms with Crippen LogP contribution in [0.1, 0.15) is 26.2 Å². The van der Waals surface area contributed by atoms with Crippen LogP contribution in [0, 0.1) is 0 Å². The van der Waals surface area contributed by atoms with Crippen LogP contribution in [0.2, 0.25) is 38.3 Å². The van der Waals surface area contributed by atoms with Crippen molar-refractivity contribution in [2.24, 2.45) is 0 Å². The Kier molecular flexibility index (Phi) is 11.0. The number of aliphatic hydroxyl groups excluding tert-OH is 2. The first-order valence-electron chi connectivity index (χ1n) is 8.97. The van der Waals surface area contributed by atoms with Gasteiger partial charge in [-0.25, -0.2) is 0 Å². The Morgan fingerprint density at radius 1 is 1.21 bits per heavy atom. The van der Waals surface area contributed by atoms with Gasteiger partial charge in [0.05, 0.1) is 12.7 Å². The highest BCUT2D eigenvalue weighted by molar-refractivity contribution is 6.84. The molecule has 0 aliphatic rings. The molecule has 1 unspecified atom stereocenters. The molecule has 5 nitrogen and oxygen atoms in total. The molecule has 2 N–H and O–H groups in total. The number of amides is 1. The topological polar surface area (TPSA) is 70.0 Å². The zero-order valence-electron chi connectivity index (χ0n) is 16.2. The molecule has 0 aromatic carbocycles. The Morgan fingerprint density at radius 2 is 1.75 bits per heavy atom. The van der Waals surface area contributed by atoms with Crippen molar-refractivity contribution in [1.29, 1.82) is 0 Å². The zero-order valence-corrected chi connectivity index (χ0v) is 18.2. The molecule has 0 bridgehead atoms. The second-order valence-electron chi connectivity index (χ2n) is 7.65. The van der Waals surface area contributed by atoms with Gasteiger partial charge in [-0.1, -0.05) is 26.3 Å². The first-order chi connectivity index (χ1) is 11.1. The van der Waals surface area contributed by atoms with E-state index in [4.69, 9.17) is 9.22 Å². The van der Waals surface area contributed by atoms with Gasteiger partial charge in [-0.2, -0.15) is 0 Å². The Balaban J connectivity index is 4.50. The van der Waals surface area contributed by atoms with E-state index in [-0.39, 0.29) is 19.1 Å². The standard InChI is InChI=1S/C17H37NO4Si2/c1-7-9-12-23(3,4)22-24(5,6)13-10-11-18(17(21)8-2)14-16(20)15-19/h8,16,19-20H,2,7,9-15H2,1,3-6H3. The van der Waals surface area contributed by atoms with E-state index < -0.39 is 22.7 Å². The molecule has 0 aromatic rings. The average Bonchev–Trinajstić information content (AvgIpc) is 2.49. The second-order valence-corrected chi connectivity index (χ2v) is 16.5. The van der Waals surface area contributed by atoms with Gasteiger partial charge in [0, 0.05) is 13.1 Å². The maximum Gasteiger partial charge on any atom is 0.246 e. The van der Waals surface area contributed by atoms with E-state index in [1.807, 2.05) is 0 Å². The van der Waals surface area contributed by atoms with Crippen molar-refractivity contribution in [3.8, 4) is 0 Å². The number of carbonyl (C=O) groups excluding carboxylic acids is 1. The van der Waals surface area contributed by atoms with E-state index in [1.54, 1.807) is 4.90 Å². The molecule has 1 amide bonds. The highest BCUT2D eigenvalue weighted by Gasteiger charge is 2.32. The normalized spacial score (nSPS) is 13.6. The summed E-state index contributed by atoms with van der Waals surface area (Å²) in [5, 5.41) is 18.5. The van der Waals surface area contributed by atoms with Crippen LogP contribution in [0.25, 0.3) is 0 Å². The molecule has 24 heavy (non-hydrogen) atoms. The quantitative estimate of drug-likeness (QED) is 0.383. The molecule has 0 heterocycles. The summed E-state index contributed by atoms with van der Waals surface area (Å²) in [6, 6.07) is 2.18. The van der Waals surface area contributed by atoms with Gasteiger partial charge in [-0.15, -0.1) is 0 Å². The molecule has 0 aromatic heterocycles. The van der Waals surface area contributed by atoms with E-state index in [0.29, 0.717) is 6.54 Å². The number of nitrogens with zero attached hydrogens (tertiary/aromatic N) is 1. The Labute approximate surface area is 150 Å². The van der Waals surface area contributed by atoms with Gasteiger partial charge in [0.15, 0.2) is 16.6 Å². The lowest BCUT2D eigenvalue weighted by molar-refractivity contribution is -0.127. The lowest BCUT2D eigenvalue weighted by atomic mass is 10.3. The summed E-state index contributed by atoms with van der Waals surface area (Å²) >= 11 is 0. The molecular formula is C17H37NO4Si2. The highest BCUT2D eigenvalue weighted by Crippen LogP contribution is 2.24. The maximum atomic E-state index is 11.9. The minimum atomic E-state index is -1.76. The fourth-order valence-corrected chi connectivity index (χ4v) is 11.9. The van der Waals surface area contributed by atoms with Gasteiger partial charge in [-0.05, 0) is 50.8 Å². The van der Waals surface area contributed by atoms with Crippen LogP contribution in [-0.4, -0.2) is 63.5 Å². The molecule has 7 heteroatoms. The van der Waals surface area contributed by atoms with Crippen LogP contribution in [0.15, 0.2) is 12.7 Å². The third-order valence-electron chi connectivity index (χ3n) is 4.02. The smallest absolute Gasteiger partial charge is 0.246 e. The summed E-state index contributed by atoms with van der Waals surface area (Å²) in [4.78, 5) is 13.4. The third kappa shape index (κ3) is 10.4. The van der Waals surface area contributed by atoms with Crippen molar-refractivity contribution < 1.29 is 19.1 Å². The predicted octanol–water partition coefficient (Wildman–Crippen LogP) is 2.97. The molecule has 0 spiro atoms. The second kappa shape index (κ2) is 11.2. The molecule has 0 saturated heterocycles. The van der Waals surface area contributed by atoms with Gasteiger partial charge in [0.2, 0.25) is 5.91 Å². The van der Waals surface area contributed by atoms with Gasteiger partial charge < -0.3 is 19.2 Å². The number of rotatable bonds is 13. The van der Waals surface area contributed by atoms with Crippen molar-refractivity contribution in [2.45, 2.75) is 70.6 Å². The molecule has 0 saturated carbocycles. The number of unbranched alkanes of at least 4 members (excludes halogenated alkanes) is 1. The fraction of sp³-hybridized carbons (Fsp3) is 0.824. The van der Waals surface area contributed by atoms with Crippen LogP contribution in [0.5, 0.6) is 0 Å². The van der Waals surface area contributed by atoms with Gasteiger partial charge in [0.1, 0.15) is 0 Å². The summed E-state index contributed by atoms with van der Waals surface area (Å²) in [7, 11) is -3.37. The number of hydrogen-bond donors (Lipinski definition) is 2. The molecule has 0 rings (SSSR count). The van der Waals surface area contributed by atoms with Gasteiger partial charge >= 0.3 is 0 Å². The molecule has 0 fully saturated rings. The van der Waals surface area contributed by atoms with Crippen molar-refractivity contribution in [3.05, 3.63) is 12.7 Å². The lowest BCUT2D eigenvalue weighted by Crippen LogP contribution is -2.45. The summed E-state index contributed by atoms with van der Waals surface area (Å²) in [5.74, 6) is -0.208. The Morgan fingerprint density at radius 3 is 2.21 bits per heavy atom. The maximum absolute atomic E-state index is 11.9. The average molecular weight is 376 g/mol. The van der Waals surface area contributed by atoms with E-state index in [1.165, 1.54) is 25.0 Å². The molecule has 0 radical (unpaired) electrons. The van der Waals surface area contributed by atoms with Crippen molar-refractivity contribution in [1.82, 2.24) is 4.90 Å². The highest BCUT2D eigenvalue weighted by atomic mass is 28.4. The lowest BCUT2D eigenvalue weighted by Gasteiger charge is -2.34. The first-order valence-corrected chi connectivity index (χ1v) is 15.2. The van der Waals surface area contributed by atoms with E-state index in [2.05, 4.69) is 39.7 Å². The van der Waals surface area contributed by atoms with Crippen molar-refractivity contribution in [3.63, 3.8) is 0 Å². The van der Waals surface area contributed by atoms with Crippen LogP contribution >= 0.6 is 0 Å². The molecule has 1 atom stereocenters. The zero-order chi connectivity index (χ0) is 18.8. The van der Waals surface area contributed by atoms with E-state index in [0.717, 1.165) is 12.5 Å². The molecular weight excluding hydrogens is 338 g/mol. The predicted molar refractivity (Wildman–Crippen MR) is 105 cm³/mol.